The molecule has 0 saturated heterocycles. The van der Waals surface area contributed by atoms with Crippen LogP contribution in [0.4, 0.5) is 17.6 Å². The average Bonchev–Trinajstić information content (AvgIpc) is 2.48. The summed E-state index contributed by atoms with van der Waals surface area (Å²) in [6.45, 7) is 0.0766. The van der Waals surface area contributed by atoms with Crippen molar-refractivity contribution in [3.8, 4) is 0 Å². The third kappa shape index (κ3) is 4.66. The van der Waals surface area contributed by atoms with Crippen LogP contribution in [-0.2, 0) is 6.54 Å². The first-order valence-corrected chi connectivity index (χ1v) is 7.98. The van der Waals surface area contributed by atoms with Gasteiger partial charge in [-0.05, 0) is 29.5 Å². The average molecular weight is 347 g/mol. The van der Waals surface area contributed by atoms with Crippen LogP contribution in [0.3, 0.4) is 0 Å². The second-order valence-electron chi connectivity index (χ2n) is 4.36. The molecule has 0 atom stereocenters. The van der Waals surface area contributed by atoms with Gasteiger partial charge < -0.3 is 0 Å². The van der Waals surface area contributed by atoms with Crippen LogP contribution >= 0.6 is 23.7 Å². The Balaban J connectivity index is 1.93. The Hall–Kier alpha value is -1.18. The zero-order chi connectivity index (χ0) is 16.1. The summed E-state index contributed by atoms with van der Waals surface area (Å²) in [4.78, 5) is 0.0934. The van der Waals surface area contributed by atoms with Crippen LogP contribution in [0.2, 0.25) is 0 Å². The van der Waals surface area contributed by atoms with E-state index in [0.29, 0.717) is 0 Å². The number of thioether (sulfide) groups is 1. The number of rotatable bonds is 7. The lowest BCUT2D eigenvalue weighted by atomic mass is 10.2. The largest absolute Gasteiger partial charge is 0.379 e. The van der Waals surface area contributed by atoms with E-state index in [1.165, 1.54) is 24.3 Å². The van der Waals surface area contributed by atoms with E-state index in [4.69, 9.17) is 0 Å². The van der Waals surface area contributed by atoms with Crippen molar-refractivity contribution in [2.24, 2.45) is 0 Å². The summed E-state index contributed by atoms with van der Waals surface area (Å²) in [5, 5.41) is -8.45. The summed E-state index contributed by atoms with van der Waals surface area (Å²) >= 11 is -0.400. The van der Waals surface area contributed by atoms with E-state index in [2.05, 4.69) is 4.72 Å². The number of nitrogens with one attached hydrogen (secondary N) is 1. The summed E-state index contributed by atoms with van der Waals surface area (Å²) in [6, 6.07) is 16.2. The number of alkyl halides is 4. The highest BCUT2D eigenvalue weighted by Gasteiger charge is 2.58. The first-order valence-electron chi connectivity index (χ1n) is 6.35. The fourth-order valence-corrected chi connectivity index (χ4v) is 3.06. The van der Waals surface area contributed by atoms with Gasteiger partial charge in [0.15, 0.2) is 0 Å². The third-order valence-electron chi connectivity index (χ3n) is 2.65. The van der Waals surface area contributed by atoms with Gasteiger partial charge in [-0.15, -0.1) is 0 Å². The molecule has 118 valence electrons. The molecule has 1 nitrogen and oxygen atoms in total. The SMILES string of the molecule is FC(F)(SNCc1ccccc1)C(F)(F)Sc1ccccc1. The summed E-state index contributed by atoms with van der Waals surface area (Å²) in [6.07, 6.45) is 0. The molecule has 7 heteroatoms. The summed E-state index contributed by atoms with van der Waals surface area (Å²) < 4.78 is 57.3. The molecule has 2 aromatic carbocycles. The van der Waals surface area contributed by atoms with Crippen molar-refractivity contribution in [1.29, 1.82) is 0 Å². The lowest BCUT2D eigenvalue weighted by Gasteiger charge is -2.25. The van der Waals surface area contributed by atoms with Crippen LogP contribution < -0.4 is 4.72 Å². The smallest absolute Gasteiger partial charge is 0.255 e. The molecule has 0 fully saturated rings. The Morgan fingerprint density at radius 3 is 1.91 bits per heavy atom. The van der Waals surface area contributed by atoms with Gasteiger partial charge in [0.05, 0.1) is 0 Å². The Morgan fingerprint density at radius 1 is 0.773 bits per heavy atom. The molecule has 2 rings (SSSR count). The van der Waals surface area contributed by atoms with E-state index < -0.39 is 10.5 Å². The summed E-state index contributed by atoms with van der Waals surface area (Å²) in [7, 11) is 0. The summed E-state index contributed by atoms with van der Waals surface area (Å²) in [5.41, 5.74) is 0.741. The van der Waals surface area contributed by atoms with Crippen molar-refractivity contribution in [3.05, 3.63) is 66.2 Å². The van der Waals surface area contributed by atoms with Crippen LogP contribution in [0.15, 0.2) is 65.6 Å². The van der Waals surface area contributed by atoms with E-state index in [1.807, 2.05) is 0 Å². The number of hydrogen-bond donors (Lipinski definition) is 1. The molecule has 0 spiro atoms. The molecule has 0 aliphatic rings. The molecule has 0 amide bonds. The molecule has 0 aromatic heterocycles. The van der Waals surface area contributed by atoms with Gasteiger partial charge in [-0.1, -0.05) is 48.5 Å². The van der Waals surface area contributed by atoms with E-state index in [1.54, 1.807) is 36.4 Å². The van der Waals surface area contributed by atoms with Gasteiger partial charge in [0.25, 0.3) is 0 Å². The van der Waals surface area contributed by atoms with Crippen LogP contribution in [0.1, 0.15) is 5.56 Å². The monoisotopic (exact) mass is 347 g/mol. The minimum Gasteiger partial charge on any atom is -0.255 e. The van der Waals surface area contributed by atoms with Crippen molar-refractivity contribution in [3.63, 3.8) is 0 Å². The van der Waals surface area contributed by atoms with Crippen molar-refractivity contribution < 1.29 is 17.6 Å². The van der Waals surface area contributed by atoms with Crippen LogP contribution in [0.5, 0.6) is 0 Å². The molecule has 0 radical (unpaired) electrons. The first kappa shape index (κ1) is 17.2. The zero-order valence-electron chi connectivity index (χ0n) is 11.3. The van der Waals surface area contributed by atoms with E-state index >= 15 is 0 Å². The molecule has 1 N–H and O–H groups in total. The minimum atomic E-state index is -4.23. The number of hydrogen-bond acceptors (Lipinski definition) is 3. The Kier molecular flexibility index (Phi) is 5.77. The van der Waals surface area contributed by atoms with Gasteiger partial charge in [-0.3, -0.25) is 4.72 Å². The topological polar surface area (TPSA) is 12.0 Å². The maximum atomic E-state index is 13.8. The molecule has 0 unspecified atom stereocenters. The molecule has 2 aromatic rings. The predicted molar refractivity (Wildman–Crippen MR) is 83.1 cm³/mol. The normalized spacial score (nSPS) is 12.4. The lowest BCUT2D eigenvalue weighted by molar-refractivity contribution is -0.0839. The molecule has 0 saturated carbocycles. The van der Waals surface area contributed by atoms with Gasteiger partial charge in [0.2, 0.25) is 0 Å². The van der Waals surface area contributed by atoms with Crippen LogP contribution in [0, 0.1) is 0 Å². The lowest BCUT2D eigenvalue weighted by Crippen LogP contribution is -2.36. The van der Waals surface area contributed by atoms with Gasteiger partial charge >= 0.3 is 10.5 Å². The molecule has 0 aliphatic heterocycles. The van der Waals surface area contributed by atoms with Crippen molar-refractivity contribution in [1.82, 2.24) is 4.72 Å². The third-order valence-corrected chi connectivity index (χ3v) is 4.60. The molecule has 22 heavy (non-hydrogen) atoms. The Morgan fingerprint density at radius 2 is 1.32 bits per heavy atom. The first-order chi connectivity index (χ1) is 10.4. The fraction of sp³-hybridized carbons (Fsp3) is 0.200. The van der Waals surface area contributed by atoms with E-state index in [-0.39, 0.29) is 35.2 Å². The summed E-state index contributed by atoms with van der Waals surface area (Å²) in [5.74, 6) is 0. The zero-order valence-corrected chi connectivity index (χ0v) is 12.9. The van der Waals surface area contributed by atoms with Crippen LogP contribution in [-0.4, -0.2) is 10.5 Å². The van der Waals surface area contributed by atoms with Crippen LogP contribution in [0.25, 0.3) is 0 Å². The van der Waals surface area contributed by atoms with Gasteiger partial charge in [0.1, 0.15) is 0 Å². The number of benzene rings is 2. The highest BCUT2D eigenvalue weighted by molar-refractivity contribution is 8.03. The maximum Gasteiger partial charge on any atom is 0.379 e. The van der Waals surface area contributed by atoms with Gasteiger partial charge in [0, 0.05) is 23.4 Å². The number of halogens is 4. The minimum absolute atomic E-state index is 0.0766. The van der Waals surface area contributed by atoms with E-state index in [0.717, 1.165) is 5.56 Å². The van der Waals surface area contributed by atoms with Crippen molar-refractivity contribution >= 4 is 23.7 Å². The molecule has 0 bridgehead atoms. The molecule has 0 heterocycles. The van der Waals surface area contributed by atoms with Gasteiger partial charge in [-0.2, -0.15) is 17.6 Å². The predicted octanol–water partition coefficient (Wildman–Crippen LogP) is 5.40. The standard InChI is InChI=1S/C15H13F4NS2/c16-14(17,21-13-9-5-2-6-10-13)15(18,19)22-20-11-12-7-3-1-4-8-12/h1-10,20H,11H2. The quantitative estimate of drug-likeness (QED) is 0.409. The highest BCUT2D eigenvalue weighted by Crippen LogP contribution is 2.51. The van der Waals surface area contributed by atoms with Crippen molar-refractivity contribution in [2.45, 2.75) is 21.9 Å². The molecule has 0 aliphatic carbocycles. The van der Waals surface area contributed by atoms with Crippen molar-refractivity contribution in [2.75, 3.05) is 0 Å². The second kappa shape index (κ2) is 7.39. The molecular weight excluding hydrogens is 334 g/mol. The fourth-order valence-electron chi connectivity index (χ4n) is 1.56. The van der Waals surface area contributed by atoms with Gasteiger partial charge in [-0.25, -0.2) is 0 Å². The Bertz CT molecular complexity index is 579. The van der Waals surface area contributed by atoms with E-state index in [9.17, 15) is 17.6 Å². The maximum absolute atomic E-state index is 13.8. The Labute approximate surface area is 134 Å². The second-order valence-corrected chi connectivity index (χ2v) is 6.55. The highest BCUT2D eigenvalue weighted by atomic mass is 32.2. The molecular formula is C15H13F4NS2.